The highest BCUT2D eigenvalue weighted by Gasteiger charge is 2.13. The predicted molar refractivity (Wildman–Crippen MR) is 104 cm³/mol. The Morgan fingerprint density at radius 2 is 2.00 bits per heavy atom. The van der Waals surface area contributed by atoms with Crippen molar-refractivity contribution < 1.29 is 19.0 Å². The number of amides is 1. The molecule has 1 aliphatic rings. The number of nitrogens with zero attached hydrogens (tertiary/aromatic N) is 1. The summed E-state index contributed by atoms with van der Waals surface area (Å²) < 4.78 is 15.9. The Morgan fingerprint density at radius 1 is 1.19 bits per heavy atom. The molecule has 7 heteroatoms. The molecule has 3 rings (SSSR count). The number of carbonyl (C=O) groups excluding carboxylic acids is 1. The highest BCUT2D eigenvalue weighted by Crippen LogP contribution is 2.32. The van der Waals surface area contributed by atoms with Crippen molar-refractivity contribution in [3.63, 3.8) is 0 Å². The first-order valence-corrected chi connectivity index (χ1v) is 8.73. The Bertz CT molecular complexity index is 836. The maximum Gasteiger partial charge on any atom is 0.259 e. The Morgan fingerprint density at radius 3 is 2.85 bits per heavy atom. The maximum atomic E-state index is 12.0. The fraction of sp³-hybridized carbons (Fsp3) is 0.300. The topological polar surface area (TPSA) is 81.2 Å². The van der Waals surface area contributed by atoms with Crippen LogP contribution in [0.4, 0.5) is 5.69 Å². The summed E-state index contributed by atoms with van der Waals surface area (Å²) in [5.41, 5.74) is 5.31. The third-order valence-electron chi connectivity index (χ3n) is 4.13. The monoisotopic (exact) mass is 369 g/mol. The molecule has 0 bridgehead atoms. The molecule has 2 aromatic carbocycles. The van der Waals surface area contributed by atoms with Gasteiger partial charge in [0.15, 0.2) is 11.5 Å². The second-order valence-corrected chi connectivity index (χ2v) is 6.12. The number of fused-ring (bicyclic) bond motifs is 1. The molecule has 2 N–H and O–H groups in total. The van der Waals surface area contributed by atoms with Crippen molar-refractivity contribution in [1.82, 2.24) is 5.43 Å². The number of anilines is 1. The van der Waals surface area contributed by atoms with Crippen molar-refractivity contribution in [2.45, 2.75) is 19.8 Å². The summed E-state index contributed by atoms with van der Waals surface area (Å²) in [5.74, 6) is 2.02. The van der Waals surface area contributed by atoms with Crippen molar-refractivity contribution in [2.24, 2.45) is 5.10 Å². The van der Waals surface area contributed by atoms with E-state index in [1.54, 1.807) is 7.11 Å². The number of carbonyl (C=O) groups is 1. The molecule has 0 aliphatic carbocycles. The number of methoxy groups -OCH3 is 1. The van der Waals surface area contributed by atoms with Crippen molar-refractivity contribution >= 4 is 17.3 Å². The molecule has 1 heterocycles. The molecule has 0 atom stereocenters. The van der Waals surface area contributed by atoms with Crippen LogP contribution in [-0.4, -0.2) is 32.1 Å². The molecule has 142 valence electrons. The molecule has 0 radical (unpaired) electrons. The number of benzene rings is 2. The predicted octanol–water partition coefficient (Wildman–Crippen LogP) is 2.96. The molecule has 0 fully saturated rings. The van der Waals surface area contributed by atoms with Gasteiger partial charge in [-0.15, -0.1) is 0 Å². The molecular weight excluding hydrogens is 346 g/mol. The van der Waals surface area contributed by atoms with Gasteiger partial charge in [0.25, 0.3) is 5.91 Å². The number of hydrazone groups is 1. The van der Waals surface area contributed by atoms with Gasteiger partial charge in [-0.3, -0.25) is 4.79 Å². The van der Waals surface area contributed by atoms with E-state index >= 15 is 0 Å². The van der Waals surface area contributed by atoms with Gasteiger partial charge in [0.2, 0.25) is 6.79 Å². The van der Waals surface area contributed by atoms with Gasteiger partial charge in [0.05, 0.1) is 19.3 Å². The van der Waals surface area contributed by atoms with Crippen LogP contribution in [0.3, 0.4) is 0 Å². The van der Waals surface area contributed by atoms with Gasteiger partial charge in [0, 0.05) is 5.71 Å². The minimum atomic E-state index is -0.219. The van der Waals surface area contributed by atoms with Crippen LogP contribution in [0.1, 0.15) is 18.9 Å². The van der Waals surface area contributed by atoms with Gasteiger partial charge in [-0.2, -0.15) is 5.10 Å². The standard InChI is InChI=1S/C20H23N3O4/c1-14(7-8-15-9-10-18-19(11-15)27-13-26-18)22-23-20(24)12-21-16-5-3-4-6-17(16)25-2/h3-6,9-11,21H,7-8,12-13H2,1-2H3,(H,23,24)/b22-14+. The van der Waals surface area contributed by atoms with Crippen LogP contribution in [0.25, 0.3) is 0 Å². The Balaban J connectivity index is 1.43. The van der Waals surface area contributed by atoms with E-state index in [-0.39, 0.29) is 19.2 Å². The zero-order valence-corrected chi connectivity index (χ0v) is 15.5. The largest absolute Gasteiger partial charge is 0.495 e. The van der Waals surface area contributed by atoms with E-state index in [0.29, 0.717) is 5.75 Å². The first-order valence-electron chi connectivity index (χ1n) is 8.73. The minimum Gasteiger partial charge on any atom is -0.495 e. The number of hydrogen-bond donors (Lipinski definition) is 2. The molecule has 0 spiro atoms. The zero-order valence-electron chi connectivity index (χ0n) is 15.5. The number of hydrogen-bond acceptors (Lipinski definition) is 6. The first-order chi connectivity index (χ1) is 13.2. The quantitative estimate of drug-likeness (QED) is 0.552. The second-order valence-electron chi connectivity index (χ2n) is 6.12. The Hall–Kier alpha value is -3.22. The van der Waals surface area contributed by atoms with Gasteiger partial charge >= 0.3 is 0 Å². The molecule has 0 aromatic heterocycles. The number of ether oxygens (including phenoxy) is 3. The second kappa shape index (κ2) is 8.93. The maximum absolute atomic E-state index is 12.0. The van der Waals surface area contributed by atoms with Crippen molar-refractivity contribution in [2.75, 3.05) is 25.8 Å². The Kier molecular flexibility index (Phi) is 6.14. The third-order valence-corrected chi connectivity index (χ3v) is 4.13. The van der Waals surface area contributed by atoms with Gasteiger partial charge in [-0.05, 0) is 49.6 Å². The van der Waals surface area contributed by atoms with Crippen molar-refractivity contribution in [3.8, 4) is 17.2 Å². The molecular formula is C20H23N3O4. The number of aryl methyl sites for hydroxylation is 1. The van der Waals surface area contributed by atoms with Crippen LogP contribution in [0.2, 0.25) is 0 Å². The van der Waals surface area contributed by atoms with Crippen LogP contribution < -0.4 is 25.0 Å². The molecule has 2 aromatic rings. The van der Waals surface area contributed by atoms with Crippen LogP contribution in [0, 0.1) is 0 Å². The summed E-state index contributed by atoms with van der Waals surface area (Å²) >= 11 is 0. The van der Waals surface area contributed by atoms with Crippen LogP contribution in [0.15, 0.2) is 47.6 Å². The summed E-state index contributed by atoms with van der Waals surface area (Å²) in [4.78, 5) is 12.0. The van der Waals surface area contributed by atoms with Crippen molar-refractivity contribution in [3.05, 3.63) is 48.0 Å². The fourth-order valence-electron chi connectivity index (χ4n) is 2.64. The van der Waals surface area contributed by atoms with Crippen LogP contribution >= 0.6 is 0 Å². The molecule has 27 heavy (non-hydrogen) atoms. The lowest BCUT2D eigenvalue weighted by atomic mass is 10.1. The van der Waals surface area contributed by atoms with E-state index in [9.17, 15) is 4.79 Å². The molecule has 0 saturated carbocycles. The average molecular weight is 369 g/mol. The SMILES string of the molecule is COc1ccccc1NCC(=O)N/N=C(\C)CCc1ccc2c(c1)OCO2. The lowest BCUT2D eigenvalue weighted by molar-refractivity contribution is -0.119. The van der Waals surface area contributed by atoms with Gasteiger partial charge < -0.3 is 19.5 Å². The van der Waals surface area contributed by atoms with E-state index < -0.39 is 0 Å². The minimum absolute atomic E-state index is 0.110. The van der Waals surface area contributed by atoms with Crippen molar-refractivity contribution in [1.29, 1.82) is 0 Å². The smallest absolute Gasteiger partial charge is 0.259 e. The van der Waals surface area contributed by atoms with E-state index in [4.69, 9.17) is 14.2 Å². The summed E-state index contributed by atoms with van der Waals surface area (Å²) in [6.45, 7) is 2.27. The average Bonchev–Trinajstić information content (AvgIpc) is 3.17. The van der Waals surface area contributed by atoms with E-state index in [0.717, 1.165) is 41.3 Å². The first kappa shape index (κ1) is 18.6. The van der Waals surface area contributed by atoms with E-state index in [1.807, 2.05) is 49.4 Å². The molecule has 0 saturated heterocycles. The van der Waals surface area contributed by atoms with E-state index in [2.05, 4.69) is 15.8 Å². The lowest BCUT2D eigenvalue weighted by Gasteiger charge is -2.10. The van der Waals surface area contributed by atoms with Crippen LogP contribution in [0.5, 0.6) is 17.2 Å². The molecule has 1 amide bonds. The van der Waals surface area contributed by atoms with E-state index in [1.165, 1.54) is 0 Å². The summed E-state index contributed by atoms with van der Waals surface area (Å²) in [7, 11) is 1.59. The highest BCUT2D eigenvalue weighted by molar-refractivity contribution is 5.86. The van der Waals surface area contributed by atoms with Gasteiger partial charge in [-0.1, -0.05) is 18.2 Å². The molecule has 1 aliphatic heterocycles. The lowest BCUT2D eigenvalue weighted by Crippen LogP contribution is -2.26. The summed E-state index contributed by atoms with van der Waals surface area (Å²) in [5, 5.41) is 7.19. The summed E-state index contributed by atoms with van der Waals surface area (Å²) in [6, 6.07) is 13.3. The number of para-hydroxylation sites is 2. The Labute approximate surface area is 158 Å². The molecule has 7 nitrogen and oxygen atoms in total. The number of nitrogens with one attached hydrogen (secondary N) is 2. The third kappa shape index (κ3) is 5.13. The van der Waals surface area contributed by atoms with Gasteiger partial charge in [-0.25, -0.2) is 5.43 Å². The normalized spacial score (nSPS) is 12.6. The van der Waals surface area contributed by atoms with Crippen LogP contribution in [-0.2, 0) is 11.2 Å². The summed E-state index contributed by atoms with van der Waals surface area (Å²) in [6.07, 6.45) is 1.54. The van der Waals surface area contributed by atoms with Gasteiger partial charge in [0.1, 0.15) is 5.75 Å². The zero-order chi connectivity index (χ0) is 19.1. The highest BCUT2D eigenvalue weighted by atomic mass is 16.7. The number of rotatable bonds is 8. The molecule has 0 unspecified atom stereocenters. The fourth-order valence-corrected chi connectivity index (χ4v) is 2.64.